The molecule has 0 aliphatic heterocycles. The molecule has 0 bridgehead atoms. The molecule has 1 atom stereocenters. The number of benzene rings is 2. The number of amides is 2. The Morgan fingerprint density at radius 3 is 2.31 bits per heavy atom. The Morgan fingerprint density at radius 1 is 1.11 bits per heavy atom. The van der Waals surface area contributed by atoms with Crippen LogP contribution in [-0.2, 0) is 26.2 Å². The molecule has 0 spiro atoms. The third-order valence-electron chi connectivity index (χ3n) is 5.93. The molecule has 1 aliphatic carbocycles. The van der Waals surface area contributed by atoms with Gasteiger partial charge in [0.05, 0.1) is 11.9 Å². The van der Waals surface area contributed by atoms with Gasteiger partial charge in [-0.3, -0.25) is 13.9 Å². The van der Waals surface area contributed by atoms with E-state index in [9.17, 15) is 18.0 Å². The monoisotopic (exact) mass is 603 g/mol. The quantitative estimate of drug-likeness (QED) is 0.436. The Bertz CT molecular complexity index is 1170. The predicted molar refractivity (Wildman–Crippen MR) is 143 cm³/mol. The lowest BCUT2D eigenvalue weighted by atomic mass is 10.1. The van der Waals surface area contributed by atoms with Gasteiger partial charge in [0.15, 0.2) is 0 Å². The fourth-order valence-electron chi connectivity index (χ4n) is 4.10. The van der Waals surface area contributed by atoms with Crippen LogP contribution in [0.25, 0.3) is 0 Å². The Hall–Kier alpha value is -1.81. The van der Waals surface area contributed by atoms with Gasteiger partial charge in [-0.1, -0.05) is 64.1 Å². The lowest BCUT2D eigenvalue weighted by molar-refractivity contribution is -0.139. The number of halogens is 3. The summed E-state index contributed by atoms with van der Waals surface area (Å²) in [7, 11) is -3.86. The number of sulfonamides is 1. The zero-order valence-electron chi connectivity index (χ0n) is 19.5. The zero-order chi connectivity index (χ0) is 25.8. The summed E-state index contributed by atoms with van der Waals surface area (Å²) in [6.07, 6.45) is 4.95. The van der Waals surface area contributed by atoms with E-state index in [1.165, 1.54) is 23.1 Å². The van der Waals surface area contributed by atoms with Crippen LogP contribution < -0.4 is 9.62 Å². The van der Waals surface area contributed by atoms with Crippen LogP contribution in [0.2, 0.25) is 10.0 Å². The van der Waals surface area contributed by atoms with E-state index in [1.807, 2.05) is 24.3 Å². The van der Waals surface area contributed by atoms with Crippen LogP contribution in [-0.4, -0.2) is 50.0 Å². The molecule has 7 nitrogen and oxygen atoms in total. The molecule has 190 valence electrons. The van der Waals surface area contributed by atoms with Crippen LogP contribution in [0.1, 0.15) is 38.2 Å². The third-order valence-corrected chi connectivity index (χ3v) is 8.00. The second-order valence-corrected chi connectivity index (χ2v) is 12.4. The maximum absolute atomic E-state index is 13.6. The van der Waals surface area contributed by atoms with E-state index in [1.54, 1.807) is 6.92 Å². The lowest BCUT2D eigenvalue weighted by Crippen LogP contribution is -2.52. The highest BCUT2D eigenvalue weighted by molar-refractivity contribution is 9.10. The average Bonchev–Trinajstić information content (AvgIpc) is 3.26. The normalized spacial score (nSPS) is 15.0. The molecule has 2 amide bonds. The molecule has 0 aromatic heterocycles. The zero-order valence-corrected chi connectivity index (χ0v) is 23.4. The molecule has 35 heavy (non-hydrogen) atoms. The molecule has 0 heterocycles. The predicted octanol–water partition coefficient (Wildman–Crippen LogP) is 5.00. The summed E-state index contributed by atoms with van der Waals surface area (Å²) in [5.41, 5.74) is 0.966. The summed E-state index contributed by atoms with van der Waals surface area (Å²) in [6.45, 7) is 1.27. The molecule has 1 fully saturated rings. The fraction of sp³-hybridized carbons (Fsp3) is 0.417. The van der Waals surface area contributed by atoms with Crippen molar-refractivity contribution < 1.29 is 18.0 Å². The summed E-state index contributed by atoms with van der Waals surface area (Å²) < 4.78 is 27.0. The SMILES string of the molecule is C[C@@H](C(=O)NC1CCCC1)N(Cc1cccc(Br)c1)C(=O)CN(c1cc(Cl)cc(Cl)c1)S(C)(=O)=O. The van der Waals surface area contributed by atoms with Gasteiger partial charge in [-0.2, -0.15) is 0 Å². The standard InChI is InChI=1S/C24H28BrCl2N3O4S/c1-16(24(32)28-21-8-3-4-9-21)29(14-17-6-5-7-18(25)10-17)23(31)15-30(35(2,33)34)22-12-19(26)11-20(27)13-22/h5-7,10-13,16,21H,3-4,8-9,14-15H2,1-2H3,(H,28,32)/t16-/m0/s1. The maximum Gasteiger partial charge on any atom is 0.244 e. The Balaban J connectivity index is 1.90. The lowest BCUT2D eigenvalue weighted by Gasteiger charge is -2.32. The molecule has 0 unspecified atom stereocenters. The molecule has 1 N–H and O–H groups in total. The number of hydrogen-bond donors (Lipinski definition) is 1. The molecule has 0 radical (unpaired) electrons. The van der Waals surface area contributed by atoms with E-state index < -0.39 is 28.5 Å². The van der Waals surface area contributed by atoms with E-state index in [4.69, 9.17) is 23.2 Å². The fourth-order valence-corrected chi connectivity index (χ4v) is 5.90. The molecule has 1 aliphatic rings. The van der Waals surface area contributed by atoms with Crippen LogP contribution in [0.5, 0.6) is 0 Å². The van der Waals surface area contributed by atoms with Crippen LogP contribution >= 0.6 is 39.1 Å². The van der Waals surface area contributed by atoms with Crippen molar-refractivity contribution >= 4 is 66.7 Å². The maximum atomic E-state index is 13.6. The van der Waals surface area contributed by atoms with Crippen molar-refractivity contribution in [2.24, 2.45) is 0 Å². The number of rotatable bonds is 9. The van der Waals surface area contributed by atoms with Crippen LogP contribution in [0.4, 0.5) is 5.69 Å². The highest BCUT2D eigenvalue weighted by atomic mass is 79.9. The van der Waals surface area contributed by atoms with E-state index >= 15 is 0 Å². The van der Waals surface area contributed by atoms with Crippen LogP contribution in [0, 0.1) is 0 Å². The number of carbonyl (C=O) groups excluding carboxylic acids is 2. The molecule has 2 aromatic rings. The molecular weight excluding hydrogens is 577 g/mol. The summed E-state index contributed by atoms with van der Waals surface area (Å²) in [6, 6.07) is 11.0. The Labute approximate surface area is 224 Å². The first kappa shape index (κ1) is 27.8. The summed E-state index contributed by atoms with van der Waals surface area (Å²) in [5, 5.41) is 3.51. The Morgan fingerprint density at radius 2 is 1.74 bits per heavy atom. The largest absolute Gasteiger partial charge is 0.352 e. The summed E-state index contributed by atoms with van der Waals surface area (Å²) in [4.78, 5) is 28.0. The van der Waals surface area contributed by atoms with Crippen molar-refractivity contribution in [2.45, 2.75) is 51.2 Å². The van der Waals surface area contributed by atoms with Crippen molar-refractivity contribution in [2.75, 3.05) is 17.1 Å². The van der Waals surface area contributed by atoms with Crippen molar-refractivity contribution in [1.82, 2.24) is 10.2 Å². The van der Waals surface area contributed by atoms with Gasteiger partial charge in [-0.25, -0.2) is 8.42 Å². The average molecular weight is 605 g/mol. The molecular formula is C24H28BrCl2N3O4S. The summed E-state index contributed by atoms with van der Waals surface area (Å²) in [5.74, 6) is -0.794. The van der Waals surface area contributed by atoms with E-state index in [0.717, 1.165) is 46.3 Å². The molecule has 3 rings (SSSR count). The highest BCUT2D eigenvalue weighted by Gasteiger charge is 2.31. The second kappa shape index (κ2) is 12.0. The van der Waals surface area contributed by atoms with Gasteiger partial charge < -0.3 is 10.2 Å². The molecule has 11 heteroatoms. The van der Waals surface area contributed by atoms with Gasteiger partial charge in [0, 0.05) is 27.1 Å². The van der Waals surface area contributed by atoms with Crippen LogP contribution in [0.15, 0.2) is 46.9 Å². The number of nitrogens with one attached hydrogen (secondary N) is 1. The minimum atomic E-state index is -3.86. The highest BCUT2D eigenvalue weighted by Crippen LogP contribution is 2.27. The Kier molecular flexibility index (Phi) is 9.48. The molecule has 1 saturated carbocycles. The van der Waals surface area contributed by atoms with Crippen LogP contribution in [0.3, 0.4) is 0 Å². The van der Waals surface area contributed by atoms with Gasteiger partial charge in [-0.15, -0.1) is 0 Å². The van der Waals surface area contributed by atoms with E-state index in [2.05, 4.69) is 21.2 Å². The first-order valence-corrected chi connectivity index (χ1v) is 14.6. The third kappa shape index (κ3) is 7.84. The topological polar surface area (TPSA) is 86.8 Å². The number of nitrogens with zero attached hydrogens (tertiary/aromatic N) is 2. The van der Waals surface area contributed by atoms with Gasteiger partial charge in [-0.05, 0) is 55.7 Å². The second-order valence-electron chi connectivity index (χ2n) is 8.71. The minimum absolute atomic E-state index is 0.0916. The van der Waals surface area contributed by atoms with Crippen molar-refractivity contribution in [3.8, 4) is 0 Å². The first-order valence-electron chi connectivity index (χ1n) is 11.2. The van der Waals surface area contributed by atoms with Crippen molar-refractivity contribution in [3.63, 3.8) is 0 Å². The smallest absolute Gasteiger partial charge is 0.244 e. The number of anilines is 1. The van der Waals surface area contributed by atoms with Gasteiger partial charge in [0.2, 0.25) is 21.8 Å². The van der Waals surface area contributed by atoms with Gasteiger partial charge in [0.25, 0.3) is 0 Å². The minimum Gasteiger partial charge on any atom is -0.352 e. The first-order chi connectivity index (χ1) is 16.4. The molecule has 0 saturated heterocycles. The van der Waals surface area contributed by atoms with Gasteiger partial charge >= 0.3 is 0 Å². The summed E-state index contributed by atoms with van der Waals surface area (Å²) >= 11 is 15.6. The molecule has 2 aromatic carbocycles. The number of hydrogen-bond acceptors (Lipinski definition) is 4. The van der Waals surface area contributed by atoms with Crippen molar-refractivity contribution in [1.29, 1.82) is 0 Å². The van der Waals surface area contributed by atoms with Gasteiger partial charge in [0.1, 0.15) is 12.6 Å². The van der Waals surface area contributed by atoms with E-state index in [-0.39, 0.29) is 34.2 Å². The van der Waals surface area contributed by atoms with Crippen molar-refractivity contribution in [3.05, 3.63) is 62.5 Å². The number of carbonyl (C=O) groups is 2. The van der Waals surface area contributed by atoms with E-state index in [0.29, 0.717) is 0 Å².